The number of ether oxygens (including phenoxy) is 1. The van der Waals surface area contributed by atoms with E-state index in [1.807, 2.05) is 0 Å². The largest absolute Gasteiger partial charge is 0.466 e. The van der Waals surface area contributed by atoms with Crippen molar-refractivity contribution < 1.29 is 19.1 Å². The van der Waals surface area contributed by atoms with Crippen molar-refractivity contribution in [3.8, 4) is 0 Å². The number of carbonyl (C=O) groups excluding carboxylic acids is 1. The van der Waals surface area contributed by atoms with Crippen LogP contribution >= 0.6 is 0 Å². The molecule has 17 heavy (non-hydrogen) atoms. The van der Waals surface area contributed by atoms with Crippen molar-refractivity contribution in [2.45, 2.75) is 19.8 Å². The molecule has 1 aromatic rings. The number of hydrogen-bond donors (Lipinski definition) is 1. The lowest BCUT2D eigenvalue weighted by Gasteiger charge is -2.04. The fraction of sp³-hybridized carbons (Fsp3) is 0.333. The SMILES string of the molecule is CCOC(=O)CCC(=NO)c1ccc(F)cc1. The zero-order chi connectivity index (χ0) is 12.7. The first-order valence-corrected chi connectivity index (χ1v) is 5.30. The fourth-order valence-electron chi connectivity index (χ4n) is 1.35. The van der Waals surface area contributed by atoms with Gasteiger partial charge in [0.25, 0.3) is 0 Å². The van der Waals surface area contributed by atoms with Crippen LogP contribution in [0.25, 0.3) is 0 Å². The predicted molar refractivity (Wildman–Crippen MR) is 60.6 cm³/mol. The molecule has 0 heterocycles. The molecular weight excluding hydrogens is 225 g/mol. The van der Waals surface area contributed by atoms with Crippen LogP contribution in [-0.4, -0.2) is 23.5 Å². The van der Waals surface area contributed by atoms with Crippen LogP contribution in [0.1, 0.15) is 25.3 Å². The maximum atomic E-state index is 12.7. The molecule has 0 atom stereocenters. The quantitative estimate of drug-likeness (QED) is 0.371. The molecule has 0 bridgehead atoms. The number of hydrogen-bond acceptors (Lipinski definition) is 4. The van der Waals surface area contributed by atoms with Crippen molar-refractivity contribution in [2.24, 2.45) is 5.16 Å². The molecule has 0 unspecified atom stereocenters. The maximum Gasteiger partial charge on any atom is 0.306 e. The molecule has 0 radical (unpaired) electrons. The van der Waals surface area contributed by atoms with Gasteiger partial charge in [-0.3, -0.25) is 4.79 Å². The molecule has 1 rings (SSSR count). The summed E-state index contributed by atoms with van der Waals surface area (Å²) in [6.45, 7) is 2.04. The molecular formula is C12H14FNO3. The van der Waals surface area contributed by atoms with Crippen molar-refractivity contribution in [3.63, 3.8) is 0 Å². The third-order valence-corrected chi connectivity index (χ3v) is 2.17. The van der Waals surface area contributed by atoms with Crippen LogP contribution in [-0.2, 0) is 9.53 Å². The summed E-state index contributed by atoms with van der Waals surface area (Å²) in [4.78, 5) is 11.1. The van der Waals surface area contributed by atoms with Gasteiger partial charge in [-0.15, -0.1) is 0 Å². The van der Waals surface area contributed by atoms with E-state index in [1.54, 1.807) is 6.92 Å². The Morgan fingerprint density at radius 2 is 2.00 bits per heavy atom. The average Bonchev–Trinajstić information content (AvgIpc) is 2.32. The monoisotopic (exact) mass is 239 g/mol. The molecule has 0 saturated carbocycles. The minimum absolute atomic E-state index is 0.130. The summed E-state index contributed by atoms with van der Waals surface area (Å²) >= 11 is 0. The third-order valence-electron chi connectivity index (χ3n) is 2.17. The molecule has 0 spiro atoms. The Labute approximate surface area is 98.7 Å². The van der Waals surface area contributed by atoms with Gasteiger partial charge in [0, 0.05) is 6.42 Å². The van der Waals surface area contributed by atoms with E-state index in [2.05, 4.69) is 5.16 Å². The summed E-state index contributed by atoms with van der Waals surface area (Å²) in [5.41, 5.74) is 0.913. The summed E-state index contributed by atoms with van der Waals surface area (Å²) in [5.74, 6) is -0.716. The predicted octanol–water partition coefficient (Wildman–Crippen LogP) is 2.35. The Bertz CT molecular complexity index is 401. The summed E-state index contributed by atoms with van der Waals surface area (Å²) in [5, 5.41) is 11.9. The Balaban J connectivity index is 2.61. The van der Waals surface area contributed by atoms with Crippen LogP contribution in [0, 0.1) is 5.82 Å². The normalized spacial score (nSPS) is 11.3. The van der Waals surface area contributed by atoms with E-state index in [9.17, 15) is 9.18 Å². The minimum Gasteiger partial charge on any atom is -0.466 e. The van der Waals surface area contributed by atoms with Crippen LogP contribution in [0.4, 0.5) is 4.39 Å². The smallest absolute Gasteiger partial charge is 0.306 e. The lowest BCUT2D eigenvalue weighted by Crippen LogP contribution is -2.08. The Morgan fingerprint density at radius 1 is 1.35 bits per heavy atom. The highest BCUT2D eigenvalue weighted by Gasteiger charge is 2.09. The molecule has 5 heteroatoms. The number of benzene rings is 1. The van der Waals surface area contributed by atoms with Gasteiger partial charge in [0.2, 0.25) is 0 Å². The topological polar surface area (TPSA) is 58.9 Å². The van der Waals surface area contributed by atoms with E-state index in [0.29, 0.717) is 17.9 Å². The summed E-state index contributed by atoms with van der Waals surface area (Å²) < 4.78 is 17.4. The van der Waals surface area contributed by atoms with Crippen molar-refractivity contribution >= 4 is 11.7 Å². The van der Waals surface area contributed by atoms with E-state index in [4.69, 9.17) is 9.94 Å². The average molecular weight is 239 g/mol. The zero-order valence-electron chi connectivity index (χ0n) is 9.52. The van der Waals surface area contributed by atoms with Crippen molar-refractivity contribution in [1.82, 2.24) is 0 Å². The maximum absolute atomic E-state index is 12.7. The van der Waals surface area contributed by atoms with Crippen LogP contribution in [0.5, 0.6) is 0 Å². The first kappa shape index (κ1) is 13.2. The van der Waals surface area contributed by atoms with Crippen molar-refractivity contribution in [2.75, 3.05) is 6.61 Å². The van der Waals surface area contributed by atoms with Crippen LogP contribution in [0.3, 0.4) is 0 Å². The van der Waals surface area contributed by atoms with E-state index in [1.165, 1.54) is 24.3 Å². The molecule has 0 aromatic heterocycles. The number of esters is 1. The molecule has 1 N–H and O–H groups in total. The first-order valence-electron chi connectivity index (χ1n) is 5.30. The van der Waals surface area contributed by atoms with E-state index in [0.717, 1.165) is 0 Å². The number of oxime groups is 1. The third kappa shape index (κ3) is 4.22. The molecule has 4 nitrogen and oxygen atoms in total. The number of nitrogens with zero attached hydrogens (tertiary/aromatic N) is 1. The van der Waals surface area contributed by atoms with Gasteiger partial charge in [0.05, 0.1) is 18.7 Å². The molecule has 0 aliphatic rings. The van der Waals surface area contributed by atoms with Crippen LogP contribution in [0.2, 0.25) is 0 Å². The number of rotatable bonds is 5. The van der Waals surface area contributed by atoms with Crippen LogP contribution < -0.4 is 0 Å². The highest BCUT2D eigenvalue weighted by Crippen LogP contribution is 2.09. The number of carbonyl (C=O) groups is 1. The summed E-state index contributed by atoms with van der Waals surface area (Å²) in [6.07, 6.45) is 0.381. The second kappa shape index (κ2) is 6.62. The Kier molecular flexibility index (Phi) is 5.13. The number of halogens is 1. The molecule has 1 aromatic carbocycles. The molecule has 0 aliphatic heterocycles. The molecule has 92 valence electrons. The van der Waals surface area contributed by atoms with Gasteiger partial charge in [-0.25, -0.2) is 4.39 Å². The molecule has 0 saturated heterocycles. The van der Waals surface area contributed by atoms with Gasteiger partial charge < -0.3 is 9.94 Å². The highest BCUT2D eigenvalue weighted by molar-refractivity contribution is 6.01. The Morgan fingerprint density at radius 3 is 2.53 bits per heavy atom. The molecule has 0 amide bonds. The van der Waals surface area contributed by atoms with Crippen molar-refractivity contribution in [3.05, 3.63) is 35.6 Å². The first-order chi connectivity index (χ1) is 8.17. The van der Waals surface area contributed by atoms with Gasteiger partial charge in [0.1, 0.15) is 5.82 Å². The molecule has 0 aliphatic carbocycles. The zero-order valence-corrected chi connectivity index (χ0v) is 9.52. The lowest BCUT2D eigenvalue weighted by atomic mass is 10.1. The van der Waals surface area contributed by atoms with Crippen molar-refractivity contribution in [1.29, 1.82) is 0 Å². The Hall–Kier alpha value is -1.91. The standard InChI is InChI=1S/C12H14FNO3/c1-2-17-12(15)8-7-11(14-16)9-3-5-10(13)6-4-9/h3-6,16H,2,7-8H2,1H3. The second-order valence-electron chi connectivity index (χ2n) is 3.36. The van der Waals surface area contributed by atoms with Gasteiger partial charge in [-0.05, 0) is 24.6 Å². The van der Waals surface area contributed by atoms with Gasteiger partial charge in [-0.1, -0.05) is 17.3 Å². The minimum atomic E-state index is -0.364. The van der Waals surface area contributed by atoms with E-state index < -0.39 is 0 Å². The highest BCUT2D eigenvalue weighted by atomic mass is 19.1. The lowest BCUT2D eigenvalue weighted by molar-refractivity contribution is -0.142. The summed E-state index contributed by atoms with van der Waals surface area (Å²) in [6, 6.07) is 5.53. The van der Waals surface area contributed by atoms with Gasteiger partial charge >= 0.3 is 5.97 Å². The van der Waals surface area contributed by atoms with Crippen LogP contribution in [0.15, 0.2) is 29.4 Å². The van der Waals surface area contributed by atoms with E-state index >= 15 is 0 Å². The molecule has 0 fully saturated rings. The van der Waals surface area contributed by atoms with Gasteiger partial charge in [0.15, 0.2) is 0 Å². The van der Waals surface area contributed by atoms with E-state index in [-0.39, 0.29) is 24.6 Å². The second-order valence-corrected chi connectivity index (χ2v) is 3.36. The van der Waals surface area contributed by atoms with Gasteiger partial charge in [-0.2, -0.15) is 0 Å². The summed E-state index contributed by atoms with van der Waals surface area (Å²) in [7, 11) is 0. The fourth-order valence-corrected chi connectivity index (χ4v) is 1.35.